The van der Waals surface area contributed by atoms with Gasteiger partial charge in [-0.15, -0.1) is 6.58 Å². The van der Waals surface area contributed by atoms with Gasteiger partial charge in [-0.3, -0.25) is 9.69 Å². The third-order valence-electron chi connectivity index (χ3n) is 4.95. The van der Waals surface area contributed by atoms with Gasteiger partial charge in [-0.2, -0.15) is 0 Å². The van der Waals surface area contributed by atoms with Gasteiger partial charge in [0, 0.05) is 18.6 Å². The Morgan fingerprint density at radius 2 is 2.00 bits per heavy atom. The maximum atomic E-state index is 12.9. The molecule has 1 atom stereocenters. The molecule has 20 heavy (non-hydrogen) atoms. The summed E-state index contributed by atoms with van der Waals surface area (Å²) in [6.45, 7) is 7.84. The molecular formula is C16H27N3O. The number of nitrogens with one attached hydrogen (secondary N) is 1. The van der Waals surface area contributed by atoms with E-state index in [9.17, 15) is 4.79 Å². The highest BCUT2D eigenvalue weighted by Crippen LogP contribution is 2.31. The van der Waals surface area contributed by atoms with Crippen LogP contribution in [0.4, 0.5) is 0 Å². The van der Waals surface area contributed by atoms with E-state index in [1.807, 2.05) is 6.08 Å². The Balaban J connectivity index is 1.66. The summed E-state index contributed by atoms with van der Waals surface area (Å²) >= 11 is 0. The molecule has 0 aromatic heterocycles. The molecule has 0 aromatic carbocycles. The molecule has 1 aliphatic carbocycles. The average Bonchev–Trinajstić information content (AvgIpc) is 3.20. The van der Waals surface area contributed by atoms with Crippen LogP contribution in [-0.4, -0.2) is 60.0 Å². The van der Waals surface area contributed by atoms with Crippen LogP contribution in [-0.2, 0) is 4.79 Å². The highest BCUT2D eigenvalue weighted by Gasteiger charge is 2.41. The van der Waals surface area contributed by atoms with E-state index in [-0.39, 0.29) is 6.04 Å². The minimum Gasteiger partial charge on any atom is -0.335 e. The number of hydrogen-bond acceptors (Lipinski definition) is 3. The zero-order valence-corrected chi connectivity index (χ0v) is 12.4. The number of nitrogens with zero attached hydrogens (tertiary/aromatic N) is 2. The lowest BCUT2D eigenvalue weighted by Crippen LogP contribution is -2.52. The lowest BCUT2D eigenvalue weighted by molar-refractivity contribution is -0.137. The molecule has 1 unspecified atom stereocenters. The second-order valence-corrected chi connectivity index (χ2v) is 6.39. The molecule has 2 saturated heterocycles. The molecule has 1 saturated carbocycles. The van der Waals surface area contributed by atoms with Crippen LogP contribution in [0, 0.1) is 0 Å². The van der Waals surface area contributed by atoms with E-state index < -0.39 is 0 Å². The number of rotatable bonds is 5. The first-order valence-electron chi connectivity index (χ1n) is 8.19. The van der Waals surface area contributed by atoms with E-state index in [1.165, 1.54) is 32.1 Å². The van der Waals surface area contributed by atoms with Crippen LogP contribution in [0.15, 0.2) is 12.7 Å². The Bertz CT molecular complexity index is 361. The van der Waals surface area contributed by atoms with Crippen LogP contribution >= 0.6 is 0 Å². The van der Waals surface area contributed by atoms with Gasteiger partial charge in [0.25, 0.3) is 0 Å². The van der Waals surface area contributed by atoms with Crippen molar-refractivity contribution in [1.29, 1.82) is 0 Å². The predicted molar refractivity (Wildman–Crippen MR) is 80.6 cm³/mol. The molecule has 4 heteroatoms. The van der Waals surface area contributed by atoms with E-state index in [4.69, 9.17) is 0 Å². The van der Waals surface area contributed by atoms with Gasteiger partial charge in [-0.1, -0.05) is 6.08 Å². The van der Waals surface area contributed by atoms with Crippen molar-refractivity contribution in [3.8, 4) is 0 Å². The van der Waals surface area contributed by atoms with Crippen molar-refractivity contribution in [3.63, 3.8) is 0 Å². The summed E-state index contributed by atoms with van der Waals surface area (Å²) in [4.78, 5) is 17.5. The monoisotopic (exact) mass is 277 g/mol. The molecule has 112 valence electrons. The van der Waals surface area contributed by atoms with Gasteiger partial charge in [0.15, 0.2) is 0 Å². The number of hydrogen-bond donors (Lipinski definition) is 1. The van der Waals surface area contributed by atoms with E-state index in [0.29, 0.717) is 18.0 Å². The summed E-state index contributed by atoms with van der Waals surface area (Å²) in [5.74, 6) is 0.364. The van der Waals surface area contributed by atoms with Crippen LogP contribution in [0.5, 0.6) is 0 Å². The first kappa shape index (κ1) is 14.1. The predicted octanol–water partition coefficient (Wildman–Crippen LogP) is 1.38. The minimum atomic E-state index is 0.138. The zero-order valence-electron chi connectivity index (χ0n) is 12.4. The van der Waals surface area contributed by atoms with Gasteiger partial charge in [0.1, 0.15) is 0 Å². The van der Waals surface area contributed by atoms with E-state index in [0.717, 1.165) is 32.6 Å². The molecule has 0 aromatic rings. The van der Waals surface area contributed by atoms with Crippen LogP contribution in [0.25, 0.3) is 0 Å². The van der Waals surface area contributed by atoms with E-state index >= 15 is 0 Å². The largest absolute Gasteiger partial charge is 0.335 e. The second-order valence-electron chi connectivity index (χ2n) is 6.39. The summed E-state index contributed by atoms with van der Waals surface area (Å²) < 4.78 is 0. The molecular weight excluding hydrogens is 250 g/mol. The van der Waals surface area contributed by atoms with Gasteiger partial charge in [0.2, 0.25) is 5.91 Å². The Labute approximate surface area is 122 Å². The van der Waals surface area contributed by atoms with Crippen molar-refractivity contribution < 1.29 is 4.79 Å². The van der Waals surface area contributed by atoms with Crippen LogP contribution in [0.3, 0.4) is 0 Å². The fraction of sp³-hybridized carbons (Fsp3) is 0.812. The fourth-order valence-corrected chi connectivity index (χ4v) is 3.77. The molecule has 3 fully saturated rings. The lowest BCUT2D eigenvalue weighted by atomic mass is 10.0. The van der Waals surface area contributed by atoms with Gasteiger partial charge in [-0.05, 0) is 58.2 Å². The van der Waals surface area contributed by atoms with Gasteiger partial charge in [0.05, 0.1) is 6.04 Å². The normalized spacial score (nSPS) is 28.5. The number of carbonyl (C=O) groups is 1. The first-order valence-corrected chi connectivity index (χ1v) is 8.19. The quantitative estimate of drug-likeness (QED) is 0.771. The van der Waals surface area contributed by atoms with Crippen molar-refractivity contribution >= 4 is 5.91 Å². The fourth-order valence-electron chi connectivity index (χ4n) is 3.77. The van der Waals surface area contributed by atoms with Gasteiger partial charge < -0.3 is 10.2 Å². The Morgan fingerprint density at radius 3 is 2.65 bits per heavy atom. The number of amides is 1. The Morgan fingerprint density at radius 1 is 1.25 bits per heavy atom. The SMILES string of the molecule is C=CCN(C(=O)C1CCCN1C1CCNCC1)C1CC1. The Hall–Kier alpha value is -0.870. The maximum absolute atomic E-state index is 12.9. The van der Waals surface area contributed by atoms with Crippen LogP contribution < -0.4 is 5.32 Å². The molecule has 0 spiro atoms. The van der Waals surface area contributed by atoms with Crippen molar-refractivity contribution in [2.75, 3.05) is 26.2 Å². The van der Waals surface area contributed by atoms with E-state index in [2.05, 4.69) is 21.7 Å². The summed E-state index contributed by atoms with van der Waals surface area (Å²) in [6.07, 6.45) is 8.83. The number of likely N-dealkylation sites (tertiary alicyclic amines) is 1. The molecule has 1 amide bonds. The van der Waals surface area contributed by atoms with Crippen molar-refractivity contribution in [1.82, 2.24) is 15.1 Å². The molecule has 3 aliphatic rings. The third kappa shape index (κ3) is 2.91. The molecule has 4 nitrogen and oxygen atoms in total. The summed E-state index contributed by atoms with van der Waals surface area (Å²) in [5.41, 5.74) is 0. The van der Waals surface area contributed by atoms with Crippen molar-refractivity contribution in [2.24, 2.45) is 0 Å². The zero-order chi connectivity index (χ0) is 13.9. The van der Waals surface area contributed by atoms with Crippen molar-refractivity contribution in [3.05, 3.63) is 12.7 Å². The van der Waals surface area contributed by atoms with E-state index in [1.54, 1.807) is 0 Å². The van der Waals surface area contributed by atoms with Gasteiger partial charge >= 0.3 is 0 Å². The summed E-state index contributed by atoms with van der Waals surface area (Å²) in [6, 6.07) is 1.24. The molecule has 3 rings (SSSR count). The summed E-state index contributed by atoms with van der Waals surface area (Å²) in [7, 11) is 0. The Kier molecular flexibility index (Phi) is 4.41. The molecule has 1 N–H and O–H groups in total. The number of carbonyl (C=O) groups excluding carboxylic acids is 1. The summed E-state index contributed by atoms with van der Waals surface area (Å²) in [5, 5.41) is 3.42. The molecule has 2 heterocycles. The van der Waals surface area contributed by atoms with Crippen LogP contribution in [0.1, 0.15) is 38.5 Å². The molecule has 0 bridgehead atoms. The van der Waals surface area contributed by atoms with Crippen molar-refractivity contribution in [2.45, 2.75) is 56.7 Å². The molecule has 0 radical (unpaired) electrons. The second kappa shape index (κ2) is 6.27. The molecule has 2 aliphatic heterocycles. The third-order valence-corrected chi connectivity index (χ3v) is 4.95. The topological polar surface area (TPSA) is 35.6 Å². The van der Waals surface area contributed by atoms with Crippen LogP contribution in [0.2, 0.25) is 0 Å². The average molecular weight is 277 g/mol. The highest BCUT2D eigenvalue weighted by atomic mass is 16.2. The smallest absolute Gasteiger partial charge is 0.240 e. The minimum absolute atomic E-state index is 0.138. The highest BCUT2D eigenvalue weighted by molar-refractivity contribution is 5.83. The maximum Gasteiger partial charge on any atom is 0.240 e. The number of piperidine rings is 1. The van der Waals surface area contributed by atoms with Gasteiger partial charge in [-0.25, -0.2) is 0 Å². The standard InChI is InChI=1S/C16H27N3O/c1-2-11-19(13-5-6-13)16(20)15-4-3-12-18(15)14-7-9-17-10-8-14/h2,13-15,17H,1,3-12H2. The first-order chi connectivity index (χ1) is 9.81. The lowest BCUT2D eigenvalue weighted by Gasteiger charge is -2.37.